The second-order valence-electron chi connectivity index (χ2n) is 6.49. The predicted molar refractivity (Wildman–Crippen MR) is 97.6 cm³/mol. The molecule has 128 valence electrons. The Balaban J connectivity index is 0.00000192. The number of hydrogen-bond donors (Lipinski definition) is 1. The summed E-state index contributed by atoms with van der Waals surface area (Å²) < 4.78 is 11.1. The Morgan fingerprint density at radius 2 is 1.83 bits per heavy atom. The minimum Gasteiger partial charge on any atom is -0.493 e. The molecule has 0 radical (unpaired) electrons. The van der Waals surface area contributed by atoms with Gasteiger partial charge in [-0.05, 0) is 48.3 Å². The van der Waals surface area contributed by atoms with Gasteiger partial charge in [-0.2, -0.15) is 0 Å². The molecule has 1 aromatic rings. The summed E-state index contributed by atoms with van der Waals surface area (Å²) in [6, 6.07) is 4.12. The van der Waals surface area contributed by atoms with Crippen LogP contribution < -0.4 is 15.2 Å². The maximum Gasteiger partial charge on any atom is 0.164 e. The number of benzene rings is 1. The number of halogens is 1. The zero-order valence-corrected chi connectivity index (χ0v) is 15.0. The molecule has 0 aliphatic heterocycles. The van der Waals surface area contributed by atoms with E-state index in [0.29, 0.717) is 12.5 Å². The molecule has 0 bridgehead atoms. The van der Waals surface area contributed by atoms with E-state index in [0.717, 1.165) is 23.8 Å². The molecule has 0 aromatic heterocycles. The van der Waals surface area contributed by atoms with Crippen LogP contribution in [0.1, 0.15) is 43.2 Å². The maximum absolute atomic E-state index is 6.03. The van der Waals surface area contributed by atoms with Gasteiger partial charge in [-0.25, -0.2) is 0 Å². The summed E-state index contributed by atoms with van der Waals surface area (Å²) in [5, 5.41) is 0. The van der Waals surface area contributed by atoms with Crippen LogP contribution in [0.3, 0.4) is 0 Å². The van der Waals surface area contributed by atoms with Crippen molar-refractivity contribution in [3.8, 4) is 11.5 Å². The SMILES string of the molecule is COc1ccc2c(c1OC)CC(C1CCCCC1)C=C2CN.Cl. The molecular formula is C19H28ClNO2. The minimum absolute atomic E-state index is 0. The van der Waals surface area contributed by atoms with Crippen LogP contribution in [0, 0.1) is 11.8 Å². The first-order valence-corrected chi connectivity index (χ1v) is 8.43. The van der Waals surface area contributed by atoms with Crippen molar-refractivity contribution in [2.24, 2.45) is 17.6 Å². The van der Waals surface area contributed by atoms with E-state index in [4.69, 9.17) is 15.2 Å². The Morgan fingerprint density at radius 1 is 1.09 bits per heavy atom. The molecule has 2 aliphatic carbocycles. The van der Waals surface area contributed by atoms with Gasteiger partial charge in [0.25, 0.3) is 0 Å². The van der Waals surface area contributed by atoms with Gasteiger partial charge in [-0.3, -0.25) is 0 Å². The van der Waals surface area contributed by atoms with Crippen LogP contribution in [0.25, 0.3) is 5.57 Å². The Kier molecular flexibility index (Phi) is 6.37. The Labute approximate surface area is 145 Å². The molecule has 1 unspecified atom stereocenters. The van der Waals surface area contributed by atoms with Crippen LogP contribution in [0.4, 0.5) is 0 Å². The van der Waals surface area contributed by atoms with E-state index in [1.165, 1.54) is 48.8 Å². The Morgan fingerprint density at radius 3 is 2.43 bits per heavy atom. The second-order valence-corrected chi connectivity index (χ2v) is 6.49. The van der Waals surface area contributed by atoms with E-state index in [2.05, 4.69) is 12.1 Å². The average Bonchev–Trinajstić information content (AvgIpc) is 2.60. The molecule has 0 saturated heterocycles. The third-order valence-electron chi connectivity index (χ3n) is 5.32. The monoisotopic (exact) mass is 337 g/mol. The van der Waals surface area contributed by atoms with Crippen molar-refractivity contribution >= 4 is 18.0 Å². The number of ether oxygens (including phenoxy) is 2. The van der Waals surface area contributed by atoms with Crippen molar-refractivity contribution in [3.05, 3.63) is 29.3 Å². The molecule has 3 nitrogen and oxygen atoms in total. The summed E-state index contributed by atoms with van der Waals surface area (Å²) in [4.78, 5) is 0. The lowest BCUT2D eigenvalue weighted by Gasteiger charge is -2.33. The van der Waals surface area contributed by atoms with Crippen LogP contribution in [-0.2, 0) is 6.42 Å². The summed E-state index contributed by atoms with van der Waals surface area (Å²) in [6.07, 6.45) is 10.3. The molecule has 4 heteroatoms. The molecule has 0 amide bonds. The Hall–Kier alpha value is -1.19. The predicted octanol–water partition coefficient (Wildman–Crippen LogP) is 4.22. The lowest BCUT2D eigenvalue weighted by atomic mass is 9.73. The number of allylic oxidation sites excluding steroid dienone is 1. The highest BCUT2D eigenvalue weighted by Crippen LogP contribution is 2.44. The number of hydrogen-bond acceptors (Lipinski definition) is 3. The second kappa shape index (κ2) is 8.07. The fourth-order valence-corrected chi connectivity index (χ4v) is 4.18. The lowest BCUT2D eigenvalue weighted by molar-refractivity contribution is 0.280. The van der Waals surface area contributed by atoms with E-state index in [-0.39, 0.29) is 12.4 Å². The van der Waals surface area contributed by atoms with Gasteiger partial charge in [0.05, 0.1) is 14.2 Å². The molecule has 1 aromatic carbocycles. The third-order valence-corrected chi connectivity index (χ3v) is 5.32. The first kappa shape index (κ1) is 18.2. The number of rotatable bonds is 4. The van der Waals surface area contributed by atoms with Gasteiger partial charge < -0.3 is 15.2 Å². The fraction of sp³-hybridized carbons (Fsp3) is 0.579. The molecule has 2 aliphatic rings. The average molecular weight is 338 g/mol. The van der Waals surface area contributed by atoms with Crippen molar-refractivity contribution in [1.29, 1.82) is 0 Å². The normalized spacial score (nSPS) is 21.0. The number of methoxy groups -OCH3 is 2. The quantitative estimate of drug-likeness (QED) is 0.894. The molecule has 0 spiro atoms. The summed E-state index contributed by atoms with van der Waals surface area (Å²) in [5.74, 6) is 3.09. The van der Waals surface area contributed by atoms with Gasteiger partial charge >= 0.3 is 0 Å². The molecule has 23 heavy (non-hydrogen) atoms. The van der Waals surface area contributed by atoms with E-state index in [1.54, 1.807) is 14.2 Å². The first-order chi connectivity index (χ1) is 10.8. The smallest absolute Gasteiger partial charge is 0.164 e. The van der Waals surface area contributed by atoms with Crippen LogP contribution in [0.2, 0.25) is 0 Å². The van der Waals surface area contributed by atoms with Gasteiger partial charge in [0.15, 0.2) is 11.5 Å². The van der Waals surface area contributed by atoms with E-state index >= 15 is 0 Å². The van der Waals surface area contributed by atoms with Crippen LogP contribution in [-0.4, -0.2) is 20.8 Å². The van der Waals surface area contributed by atoms with Crippen LogP contribution >= 0.6 is 12.4 Å². The highest BCUT2D eigenvalue weighted by molar-refractivity contribution is 5.85. The maximum atomic E-state index is 6.03. The van der Waals surface area contributed by atoms with Crippen molar-refractivity contribution in [2.45, 2.75) is 38.5 Å². The summed E-state index contributed by atoms with van der Waals surface area (Å²) in [6.45, 7) is 0.589. The number of nitrogens with two attached hydrogens (primary N) is 1. The lowest BCUT2D eigenvalue weighted by Crippen LogP contribution is -2.23. The largest absolute Gasteiger partial charge is 0.493 e. The molecule has 1 atom stereocenters. The third kappa shape index (κ3) is 3.51. The number of fused-ring (bicyclic) bond motifs is 1. The van der Waals surface area contributed by atoms with E-state index in [9.17, 15) is 0 Å². The summed E-state index contributed by atoms with van der Waals surface area (Å²) >= 11 is 0. The van der Waals surface area contributed by atoms with Gasteiger partial charge in [0.1, 0.15) is 0 Å². The molecule has 1 saturated carbocycles. The van der Waals surface area contributed by atoms with Crippen molar-refractivity contribution in [2.75, 3.05) is 20.8 Å². The van der Waals surface area contributed by atoms with Crippen molar-refractivity contribution < 1.29 is 9.47 Å². The van der Waals surface area contributed by atoms with Crippen molar-refractivity contribution in [1.82, 2.24) is 0 Å². The van der Waals surface area contributed by atoms with Gasteiger partial charge in [0, 0.05) is 12.1 Å². The topological polar surface area (TPSA) is 44.5 Å². The zero-order chi connectivity index (χ0) is 15.5. The standard InChI is InChI=1S/C19H27NO2.ClH/c1-21-18-9-8-16-15(12-20)10-14(11-17(16)19(18)22-2)13-6-4-3-5-7-13;/h8-10,13-14H,3-7,11-12,20H2,1-2H3;1H. The zero-order valence-electron chi connectivity index (χ0n) is 14.1. The Bertz CT molecular complexity index is 565. The minimum atomic E-state index is 0. The van der Waals surface area contributed by atoms with Crippen LogP contribution in [0.15, 0.2) is 18.2 Å². The van der Waals surface area contributed by atoms with Crippen molar-refractivity contribution in [3.63, 3.8) is 0 Å². The highest BCUT2D eigenvalue weighted by atomic mass is 35.5. The molecule has 1 fully saturated rings. The van der Waals surface area contributed by atoms with Gasteiger partial charge in [-0.1, -0.05) is 31.4 Å². The highest BCUT2D eigenvalue weighted by Gasteiger charge is 2.29. The molecule has 3 rings (SSSR count). The van der Waals surface area contributed by atoms with Gasteiger partial charge in [-0.15, -0.1) is 12.4 Å². The molecule has 2 N–H and O–H groups in total. The summed E-state index contributed by atoms with van der Waals surface area (Å²) in [5.41, 5.74) is 9.81. The summed E-state index contributed by atoms with van der Waals surface area (Å²) in [7, 11) is 3.43. The van der Waals surface area contributed by atoms with Crippen LogP contribution in [0.5, 0.6) is 11.5 Å². The van der Waals surface area contributed by atoms with E-state index in [1.807, 2.05) is 6.07 Å². The fourth-order valence-electron chi connectivity index (χ4n) is 4.18. The van der Waals surface area contributed by atoms with E-state index < -0.39 is 0 Å². The first-order valence-electron chi connectivity index (χ1n) is 8.43. The van der Waals surface area contributed by atoms with Gasteiger partial charge in [0.2, 0.25) is 0 Å². The molecular weight excluding hydrogens is 310 g/mol. The molecule has 0 heterocycles.